The molecule has 1 amide bonds. The highest BCUT2D eigenvalue weighted by Gasteiger charge is 2.20. The van der Waals surface area contributed by atoms with E-state index in [9.17, 15) is 9.59 Å². The van der Waals surface area contributed by atoms with E-state index in [0.29, 0.717) is 28.5 Å². The van der Waals surface area contributed by atoms with Crippen molar-refractivity contribution in [2.45, 2.75) is 25.5 Å². The molecule has 1 aromatic carbocycles. The minimum atomic E-state index is -0.103. The number of pyridine rings is 1. The number of thiophene rings is 1. The summed E-state index contributed by atoms with van der Waals surface area (Å²) in [6.07, 6.45) is 3.41. The van der Waals surface area contributed by atoms with E-state index in [4.69, 9.17) is 4.98 Å². The summed E-state index contributed by atoms with van der Waals surface area (Å²) in [5, 5.41) is 1.15. The summed E-state index contributed by atoms with van der Waals surface area (Å²) in [7, 11) is 0. The lowest BCUT2D eigenvalue weighted by molar-refractivity contribution is -0.116. The van der Waals surface area contributed by atoms with Crippen LogP contribution in [0.2, 0.25) is 0 Å². The fourth-order valence-electron chi connectivity index (χ4n) is 3.50. The monoisotopic (exact) mass is 476 g/mol. The van der Waals surface area contributed by atoms with Gasteiger partial charge in [0.1, 0.15) is 4.83 Å². The van der Waals surface area contributed by atoms with Gasteiger partial charge in [0.25, 0.3) is 5.56 Å². The maximum absolute atomic E-state index is 13.5. The Labute approximate surface area is 200 Å². The molecule has 0 radical (unpaired) electrons. The van der Waals surface area contributed by atoms with Crippen molar-refractivity contribution >= 4 is 44.9 Å². The first-order chi connectivity index (χ1) is 16.0. The van der Waals surface area contributed by atoms with E-state index in [-0.39, 0.29) is 17.2 Å². The number of thioether (sulfide) groups is 1. The average Bonchev–Trinajstić information content (AvgIpc) is 3.12. The molecule has 3 aromatic heterocycles. The van der Waals surface area contributed by atoms with Gasteiger partial charge in [0.05, 0.1) is 23.4 Å². The van der Waals surface area contributed by atoms with Crippen molar-refractivity contribution in [1.82, 2.24) is 14.5 Å². The number of carbonyl (C=O) groups is 1. The molecule has 0 aliphatic carbocycles. The number of nitrogens with zero attached hydrogens (tertiary/aromatic N) is 4. The van der Waals surface area contributed by atoms with Crippen molar-refractivity contribution < 1.29 is 4.79 Å². The largest absolute Gasteiger partial charge is 0.308 e. The van der Waals surface area contributed by atoms with Crippen LogP contribution < -0.4 is 10.5 Å². The van der Waals surface area contributed by atoms with Gasteiger partial charge in [-0.05, 0) is 43.7 Å². The normalized spacial score (nSPS) is 11.0. The van der Waals surface area contributed by atoms with Crippen molar-refractivity contribution in [2.75, 3.05) is 17.2 Å². The number of fused-ring (bicyclic) bond motifs is 1. The molecule has 4 rings (SSSR count). The molecule has 3 heterocycles. The zero-order valence-corrected chi connectivity index (χ0v) is 20.2. The molecule has 33 heavy (non-hydrogen) atoms. The lowest BCUT2D eigenvalue weighted by atomic mass is 10.2. The van der Waals surface area contributed by atoms with Gasteiger partial charge in [-0.1, -0.05) is 42.1 Å². The van der Waals surface area contributed by atoms with Crippen molar-refractivity contribution in [3.8, 4) is 0 Å². The summed E-state index contributed by atoms with van der Waals surface area (Å²) in [6.45, 7) is 8.42. The number of aryl methyl sites for hydroxylation is 2. The minimum absolute atomic E-state index is 0.0802. The lowest BCUT2D eigenvalue weighted by Gasteiger charge is -2.21. The van der Waals surface area contributed by atoms with Crippen LogP contribution in [0.25, 0.3) is 10.2 Å². The van der Waals surface area contributed by atoms with Crippen LogP contribution in [0.4, 0.5) is 5.69 Å². The van der Waals surface area contributed by atoms with Gasteiger partial charge in [0.15, 0.2) is 5.16 Å². The number of anilines is 1. The van der Waals surface area contributed by atoms with Crippen LogP contribution >= 0.6 is 23.1 Å². The molecule has 4 aromatic rings. The highest BCUT2D eigenvalue weighted by Crippen LogP contribution is 2.29. The zero-order valence-electron chi connectivity index (χ0n) is 18.5. The Balaban J connectivity index is 1.68. The Morgan fingerprint density at radius 2 is 1.94 bits per heavy atom. The first-order valence-corrected chi connectivity index (χ1v) is 12.3. The van der Waals surface area contributed by atoms with Gasteiger partial charge >= 0.3 is 0 Å². The summed E-state index contributed by atoms with van der Waals surface area (Å²) in [4.78, 5) is 39.2. The van der Waals surface area contributed by atoms with Gasteiger partial charge < -0.3 is 4.90 Å². The number of aromatic nitrogens is 3. The highest BCUT2D eigenvalue weighted by atomic mass is 32.2. The van der Waals surface area contributed by atoms with Gasteiger partial charge in [0, 0.05) is 23.3 Å². The van der Waals surface area contributed by atoms with Crippen molar-refractivity contribution in [3.63, 3.8) is 0 Å². The van der Waals surface area contributed by atoms with Crippen LogP contribution in [0.1, 0.15) is 16.1 Å². The Morgan fingerprint density at radius 3 is 2.64 bits per heavy atom. The molecular weight excluding hydrogens is 452 g/mol. The second-order valence-electron chi connectivity index (χ2n) is 7.49. The van der Waals surface area contributed by atoms with Crippen LogP contribution in [0.3, 0.4) is 0 Å². The van der Waals surface area contributed by atoms with Gasteiger partial charge in [0.2, 0.25) is 5.91 Å². The third-order valence-electron chi connectivity index (χ3n) is 5.31. The van der Waals surface area contributed by atoms with Gasteiger partial charge in [-0.2, -0.15) is 0 Å². The fraction of sp³-hybridized carbons (Fsp3) is 0.200. The smallest absolute Gasteiger partial charge is 0.263 e. The van der Waals surface area contributed by atoms with Gasteiger partial charge in [-0.15, -0.1) is 17.9 Å². The topological polar surface area (TPSA) is 68.1 Å². The Bertz CT molecular complexity index is 1350. The molecule has 0 atom stereocenters. The first kappa shape index (κ1) is 22.9. The highest BCUT2D eigenvalue weighted by molar-refractivity contribution is 7.99. The Morgan fingerprint density at radius 1 is 1.18 bits per heavy atom. The minimum Gasteiger partial charge on any atom is -0.308 e. The fourth-order valence-corrected chi connectivity index (χ4v) is 5.45. The molecule has 0 bridgehead atoms. The summed E-state index contributed by atoms with van der Waals surface area (Å²) in [6, 6.07) is 15.1. The van der Waals surface area contributed by atoms with Crippen LogP contribution in [-0.2, 0) is 11.3 Å². The van der Waals surface area contributed by atoms with E-state index >= 15 is 0 Å². The predicted octanol–water partition coefficient (Wildman–Crippen LogP) is 4.83. The first-order valence-electron chi connectivity index (χ1n) is 10.5. The molecule has 0 N–H and O–H groups in total. The SMILES string of the molecule is C=CCN(C(=O)CSc1nc2sc(C)c(C)c2c(=O)n1Cc1ccccn1)c1ccccc1. The number of para-hydroxylation sites is 1. The van der Waals surface area contributed by atoms with Crippen LogP contribution in [0.15, 0.2) is 77.3 Å². The summed E-state index contributed by atoms with van der Waals surface area (Å²) >= 11 is 2.78. The van der Waals surface area contributed by atoms with Crippen LogP contribution in [-0.4, -0.2) is 32.7 Å². The van der Waals surface area contributed by atoms with E-state index < -0.39 is 0 Å². The number of hydrogen-bond donors (Lipinski definition) is 0. The number of benzene rings is 1. The Kier molecular flexibility index (Phi) is 7.05. The molecule has 0 saturated carbocycles. The van der Waals surface area contributed by atoms with Crippen molar-refractivity contribution in [2.24, 2.45) is 0 Å². The third-order valence-corrected chi connectivity index (χ3v) is 7.37. The van der Waals surface area contributed by atoms with Gasteiger partial charge in [-0.3, -0.25) is 19.1 Å². The van der Waals surface area contributed by atoms with E-state index in [0.717, 1.165) is 21.8 Å². The van der Waals surface area contributed by atoms with E-state index in [1.807, 2.05) is 62.4 Å². The predicted molar refractivity (Wildman–Crippen MR) is 136 cm³/mol. The Hall–Kier alpha value is -3.23. The van der Waals surface area contributed by atoms with Crippen molar-refractivity contribution in [3.05, 3.63) is 93.9 Å². The molecule has 0 saturated heterocycles. The van der Waals surface area contributed by atoms with Crippen molar-refractivity contribution in [1.29, 1.82) is 0 Å². The molecule has 0 spiro atoms. The average molecular weight is 477 g/mol. The number of amides is 1. The molecule has 0 unspecified atom stereocenters. The molecule has 6 nitrogen and oxygen atoms in total. The van der Waals surface area contributed by atoms with Gasteiger partial charge in [-0.25, -0.2) is 4.98 Å². The summed E-state index contributed by atoms with van der Waals surface area (Å²) in [5.41, 5.74) is 2.42. The van der Waals surface area contributed by atoms with Crippen LogP contribution in [0, 0.1) is 13.8 Å². The zero-order chi connectivity index (χ0) is 23.4. The molecular formula is C25H24N4O2S2. The van der Waals surface area contributed by atoms with E-state index in [1.165, 1.54) is 23.1 Å². The number of rotatable bonds is 8. The maximum atomic E-state index is 13.5. The molecule has 168 valence electrons. The molecule has 8 heteroatoms. The van der Waals surface area contributed by atoms with Crippen LogP contribution in [0.5, 0.6) is 0 Å². The summed E-state index contributed by atoms with van der Waals surface area (Å²) in [5.74, 6) is 0.0649. The number of hydrogen-bond acceptors (Lipinski definition) is 6. The van der Waals surface area contributed by atoms with E-state index in [1.54, 1.807) is 21.7 Å². The third kappa shape index (κ3) is 4.91. The quantitative estimate of drug-likeness (QED) is 0.207. The van der Waals surface area contributed by atoms with E-state index in [2.05, 4.69) is 11.6 Å². The second kappa shape index (κ2) is 10.1. The maximum Gasteiger partial charge on any atom is 0.263 e. The molecule has 0 aliphatic rings. The second-order valence-corrected chi connectivity index (χ2v) is 9.63. The standard InChI is InChI=1S/C25H24N4O2S2/c1-4-14-28(20-11-6-5-7-12-20)21(30)16-32-25-27-23-22(17(2)18(3)33-23)24(31)29(25)15-19-10-8-9-13-26-19/h4-13H,1,14-16H2,2-3H3. The number of carbonyl (C=O) groups excluding carboxylic acids is 1. The lowest BCUT2D eigenvalue weighted by Crippen LogP contribution is -2.33. The molecule has 0 fully saturated rings. The molecule has 0 aliphatic heterocycles. The summed E-state index contributed by atoms with van der Waals surface area (Å²) < 4.78 is 1.63.